The molecule has 1 unspecified atom stereocenters. The van der Waals surface area contributed by atoms with Crippen molar-refractivity contribution in [3.8, 4) is 0 Å². The van der Waals surface area contributed by atoms with Gasteiger partial charge in [0.05, 0.1) is 19.5 Å². The van der Waals surface area contributed by atoms with Gasteiger partial charge in [-0.2, -0.15) is 0 Å². The van der Waals surface area contributed by atoms with Crippen LogP contribution >= 0.6 is 0 Å². The minimum Gasteiger partial charge on any atom is -0.354 e. The molecule has 2 rings (SSSR count). The molecular weight excluding hydrogens is 188 g/mol. The molecule has 1 aliphatic heterocycles. The third-order valence-corrected chi connectivity index (χ3v) is 2.52. The van der Waals surface area contributed by atoms with E-state index in [0.717, 1.165) is 13.1 Å². The molecule has 0 aliphatic carbocycles. The van der Waals surface area contributed by atoms with Gasteiger partial charge in [-0.05, 0) is 12.5 Å². The summed E-state index contributed by atoms with van der Waals surface area (Å²) >= 11 is 0. The van der Waals surface area contributed by atoms with Crippen LogP contribution in [0.1, 0.15) is 12.5 Å². The summed E-state index contributed by atoms with van der Waals surface area (Å²) in [7, 11) is 0. The standard InChI is InChI=1S/C12H16N2O/c1-11(14-8-7-13-10-14)15-9-12-5-3-2-4-6-12/h2-6,10-11H,7-9H2,1H3. The summed E-state index contributed by atoms with van der Waals surface area (Å²) in [5.74, 6) is 0. The number of benzene rings is 1. The predicted octanol–water partition coefficient (Wildman–Crippen LogP) is 1.89. The van der Waals surface area contributed by atoms with Crippen molar-refractivity contribution >= 4 is 6.34 Å². The third-order valence-electron chi connectivity index (χ3n) is 2.52. The Morgan fingerprint density at radius 3 is 2.87 bits per heavy atom. The van der Waals surface area contributed by atoms with Gasteiger partial charge in [-0.1, -0.05) is 30.3 Å². The molecule has 0 aromatic heterocycles. The lowest BCUT2D eigenvalue weighted by Crippen LogP contribution is -2.32. The molecule has 0 fully saturated rings. The van der Waals surface area contributed by atoms with E-state index in [4.69, 9.17) is 4.74 Å². The fourth-order valence-electron chi connectivity index (χ4n) is 1.56. The molecule has 0 radical (unpaired) electrons. The van der Waals surface area contributed by atoms with E-state index in [0.29, 0.717) is 6.61 Å². The summed E-state index contributed by atoms with van der Waals surface area (Å²) in [4.78, 5) is 6.28. The Morgan fingerprint density at radius 1 is 1.40 bits per heavy atom. The fourth-order valence-corrected chi connectivity index (χ4v) is 1.56. The SMILES string of the molecule is CC(OCc1ccccc1)N1C=NCC1. The van der Waals surface area contributed by atoms with Gasteiger partial charge in [0.15, 0.2) is 0 Å². The van der Waals surface area contributed by atoms with E-state index in [1.54, 1.807) is 0 Å². The Bertz CT molecular complexity index is 324. The molecule has 1 aliphatic rings. The summed E-state index contributed by atoms with van der Waals surface area (Å²) in [6, 6.07) is 10.2. The normalized spacial score (nSPS) is 17.0. The van der Waals surface area contributed by atoms with E-state index in [2.05, 4.69) is 28.9 Å². The quantitative estimate of drug-likeness (QED) is 0.748. The molecule has 0 bridgehead atoms. The highest BCUT2D eigenvalue weighted by Crippen LogP contribution is 2.07. The Hall–Kier alpha value is -1.35. The van der Waals surface area contributed by atoms with Crippen molar-refractivity contribution in [2.24, 2.45) is 4.99 Å². The summed E-state index contributed by atoms with van der Waals surface area (Å²) in [6.45, 7) is 4.57. The van der Waals surface area contributed by atoms with Gasteiger partial charge in [0.25, 0.3) is 0 Å². The van der Waals surface area contributed by atoms with E-state index >= 15 is 0 Å². The summed E-state index contributed by atoms with van der Waals surface area (Å²) in [5.41, 5.74) is 1.21. The first-order chi connectivity index (χ1) is 7.36. The lowest BCUT2D eigenvalue weighted by molar-refractivity contribution is -0.0175. The largest absolute Gasteiger partial charge is 0.354 e. The van der Waals surface area contributed by atoms with Gasteiger partial charge >= 0.3 is 0 Å². The zero-order valence-electron chi connectivity index (χ0n) is 8.97. The topological polar surface area (TPSA) is 24.8 Å². The second-order valence-corrected chi connectivity index (χ2v) is 3.66. The first kappa shape index (κ1) is 10.2. The molecule has 0 spiro atoms. The maximum absolute atomic E-state index is 5.75. The smallest absolute Gasteiger partial charge is 0.128 e. The Morgan fingerprint density at radius 2 is 2.20 bits per heavy atom. The van der Waals surface area contributed by atoms with E-state index in [9.17, 15) is 0 Å². The molecule has 1 aromatic rings. The summed E-state index contributed by atoms with van der Waals surface area (Å²) in [5, 5.41) is 0. The van der Waals surface area contributed by atoms with Crippen LogP contribution < -0.4 is 0 Å². The van der Waals surface area contributed by atoms with E-state index < -0.39 is 0 Å². The maximum atomic E-state index is 5.75. The van der Waals surface area contributed by atoms with Crippen LogP contribution in [0.25, 0.3) is 0 Å². The second kappa shape index (κ2) is 4.94. The Balaban J connectivity index is 1.80. The molecule has 1 aromatic carbocycles. The molecule has 3 nitrogen and oxygen atoms in total. The molecule has 80 valence electrons. The van der Waals surface area contributed by atoms with Crippen LogP contribution in [0.2, 0.25) is 0 Å². The fraction of sp³-hybridized carbons (Fsp3) is 0.417. The number of ether oxygens (including phenoxy) is 1. The van der Waals surface area contributed by atoms with Gasteiger partial charge in [0.2, 0.25) is 0 Å². The highest BCUT2D eigenvalue weighted by molar-refractivity contribution is 5.57. The first-order valence-corrected chi connectivity index (χ1v) is 5.27. The van der Waals surface area contributed by atoms with Crippen LogP contribution in [0.15, 0.2) is 35.3 Å². The number of nitrogens with zero attached hydrogens (tertiary/aromatic N) is 2. The van der Waals surface area contributed by atoms with Crippen molar-refractivity contribution in [3.63, 3.8) is 0 Å². The number of rotatable bonds is 4. The van der Waals surface area contributed by atoms with E-state index in [1.165, 1.54) is 5.56 Å². The van der Waals surface area contributed by atoms with Crippen molar-refractivity contribution in [1.82, 2.24) is 4.90 Å². The number of hydrogen-bond donors (Lipinski definition) is 0. The second-order valence-electron chi connectivity index (χ2n) is 3.66. The molecule has 15 heavy (non-hydrogen) atoms. The maximum Gasteiger partial charge on any atom is 0.128 e. The van der Waals surface area contributed by atoms with Crippen molar-refractivity contribution in [2.75, 3.05) is 13.1 Å². The summed E-state index contributed by atoms with van der Waals surface area (Å²) < 4.78 is 5.75. The van der Waals surface area contributed by atoms with Gasteiger partial charge in [-0.25, -0.2) is 0 Å². The molecule has 0 saturated carbocycles. The van der Waals surface area contributed by atoms with Gasteiger partial charge in [-0.15, -0.1) is 0 Å². The molecule has 0 amide bonds. The lowest BCUT2D eigenvalue weighted by Gasteiger charge is -2.23. The van der Waals surface area contributed by atoms with Crippen molar-refractivity contribution in [2.45, 2.75) is 19.8 Å². The monoisotopic (exact) mass is 204 g/mol. The average molecular weight is 204 g/mol. The highest BCUT2D eigenvalue weighted by atomic mass is 16.5. The molecular formula is C12H16N2O. The van der Waals surface area contributed by atoms with Crippen LogP contribution in [-0.4, -0.2) is 30.6 Å². The zero-order chi connectivity index (χ0) is 10.5. The van der Waals surface area contributed by atoms with Gasteiger partial charge < -0.3 is 9.64 Å². The number of aliphatic imine (C=N–C) groups is 1. The minimum absolute atomic E-state index is 0.108. The molecule has 0 saturated heterocycles. The van der Waals surface area contributed by atoms with Crippen LogP contribution in [0.4, 0.5) is 0 Å². The van der Waals surface area contributed by atoms with Crippen LogP contribution in [0.3, 0.4) is 0 Å². The van der Waals surface area contributed by atoms with Gasteiger partial charge in [0, 0.05) is 6.54 Å². The lowest BCUT2D eigenvalue weighted by atomic mass is 10.2. The highest BCUT2D eigenvalue weighted by Gasteiger charge is 2.13. The molecule has 3 heteroatoms. The van der Waals surface area contributed by atoms with Gasteiger partial charge in [-0.3, -0.25) is 4.99 Å². The molecule has 1 atom stereocenters. The van der Waals surface area contributed by atoms with Crippen molar-refractivity contribution in [1.29, 1.82) is 0 Å². The van der Waals surface area contributed by atoms with Crippen LogP contribution in [0.5, 0.6) is 0 Å². The minimum atomic E-state index is 0.108. The van der Waals surface area contributed by atoms with Crippen molar-refractivity contribution in [3.05, 3.63) is 35.9 Å². The molecule has 1 heterocycles. The van der Waals surface area contributed by atoms with Crippen LogP contribution in [-0.2, 0) is 11.3 Å². The number of hydrogen-bond acceptors (Lipinski definition) is 3. The Kier molecular flexibility index (Phi) is 3.35. The molecule has 0 N–H and O–H groups in total. The van der Waals surface area contributed by atoms with E-state index in [-0.39, 0.29) is 6.23 Å². The predicted molar refractivity (Wildman–Crippen MR) is 60.8 cm³/mol. The Labute approximate surface area is 90.4 Å². The zero-order valence-corrected chi connectivity index (χ0v) is 8.97. The van der Waals surface area contributed by atoms with Crippen LogP contribution in [0, 0.1) is 0 Å². The van der Waals surface area contributed by atoms with Crippen molar-refractivity contribution < 1.29 is 4.74 Å². The van der Waals surface area contributed by atoms with E-state index in [1.807, 2.05) is 24.5 Å². The first-order valence-electron chi connectivity index (χ1n) is 5.27. The average Bonchev–Trinajstić information content (AvgIpc) is 2.81. The third kappa shape index (κ3) is 2.80. The van der Waals surface area contributed by atoms with Gasteiger partial charge in [0.1, 0.15) is 6.23 Å². The summed E-state index contributed by atoms with van der Waals surface area (Å²) in [6.07, 6.45) is 1.98.